The van der Waals surface area contributed by atoms with E-state index in [1.54, 1.807) is 24.3 Å². The molecule has 0 radical (unpaired) electrons. The molecule has 8 nitrogen and oxygen atoms in total. The Labute approximate surface area is 186 Å². The molecular weight excluding hydrogens is 428 g/mol. The van der Waals surface area contributed by atoms with Crippen LogP contribution in [-0.4, -0.2) is 38.0 Å². The molecule has 0 unspecified atom stereocenters. The highest BCUT2D eigenvalue weighted by atomic mass is 32.2. The van der Waals surface area contributed by atoms with Gasteiger partial charge in [-0.2, -0.15) is 14.5 Å². The van der Waals surface area contributed by atoms with Gasteiger partial charge in [0.2, 0.25) is 15.9 Å². The number of Topliss-reactive ketones (excluding diaryl/α,β-unsaturated/α-hetero) is 1. The fourth-order valence-electron chi connectivity index (χ4n) is 2.75. The molecule has 0 aliphatic carbocycles. The summed E-state index contributed by atoms with van der Waals surface area (Å²) >= 11 is 0. The van der Waals surface area contributed by atoms with Gasteiger partial charge in [-0.15, -0.1) is 0 Å². The molecule has 0 aliphatic heterocycles. The Bertz CT molecular complexity index is 1220. The van der Waals surface area contributed by atoms with Crippen molar-refractivity contribution in [2.75, 3.05) is 18.9 Å². The Hall–Kier alpha value is -3.69. The quantitative estimate of drug-likeness (QED) is 0.401. The van der Waals surface area contributed by atoms with Crippen LogP contribution in [0.3, 0.4) is 0 Å². The third-order valence-corrected chi connectivity index (χ3v) is 6.34. The number of nitrogens with zero attached hydrogens (tertiary/aromatic N) is 3. The lowest BCUT2D eigenvalue weighted by Crippen LogP contribution is -2.34. The van der Waals surface area contributed by atoms with Gasteiger partial charge in [0.1, 0.15) is 0 Å². The topological polar surface area (TPSA) is 108 Å². The Morgan fingerprint density at radius 3 is 1.97 bits per heavy atom. The molecule has 0 atom stereocenters. The molecule has 0 spiro atoms. The summed E-state index contributed by atoms with van der Waals surface area (Å²) in [4.78, 5) is 23.7. The second kappa shape index (κ2) is 10.1. The standard InChI is InChI=1S/C23H22N4O4S/c1-17(28)18-8-14-22(15-9-18)32(30,31)27(2)16-23(29)24-19-10-12-21(13-11-19)26-25-20-6-4-3-5-7-20/h3-15H,16H2,1-2H3,(H,24,29). The van der Waals surface area contributed by atoms with E-state index in [0.717, 1.165) is 9.99 Å². The third kappa shape index (κ3) is 5.93. The van der Waals surface area contributed by atoms with Crippen LogP contribution in [0.4, 0.5) is 17.1 Å². The van der Waals surface area contributed by atoms with E-state index in [1.807, 2.05) is 30.3 Å². The zero-order valence-corrected chi connectivity index (χ0v) is 18.4. The molecule has 164 valence electrons. The van der Waals surface area contributed by atoms with Gasteiger partial charge in [0.05, 0.1) is 22.8 Å². The highest BCUT2D eigenvalue weighted by molar-refractivity contribution is 7.89. The highest BCUT2D eigenvalue weighted by Gasteiger charge is 2.23. The summed E-state index contributed by atoms with van der Waals surface area (Å²) in [5.74, 6) is -0.649. The first-order chi connectivity index (χ1) is 15.3. The predicted octanol–water partition coefficient (Wildman–Crippen LogP) is 4.56. The van der Waals surface area contributed by atoms with E-state index in [9.17, 15) is 18.0 Å². The summed E-state index contributed by atoms with van der Waals surface area (Å²) in [6, 6.07) is 21.6. The van der Waals surface area contributed by atoms with Gasteiger partial charge in [0, 0.05) is 18.3 Å². The number of anilines is 1. The molecule has 0 aliphatic rings. The van der Waals surface area contributed by atoms with Gasteiger partial charge in [-0.05, 0) is 55.5 Å². The van der Waals surface area contributed by atoms with Crippen LogP contribution in [0, 0.1) is 0 Å². The third-order valence-electron chi connectivity index (χ3n) is 4.52. The number of likely N-dealkylation sites (N-methyl/N-ethyl adjacent to an activating group) is 1. The van der Waals surface area contributed by atoms with Crippen LogP contribution in [0.25, 0.3) is 0 Å². The summed E-state index contributed by atoms with van der Waals surface area (Å²) < 4.78 is 26.3. The first-order valence-corrected chi connectivity index (χ1v) is 11.1. The van der Waals surface area contributed by atoms with Gasteiger partial charge in [-0.25, -0.2) is 8.42 Å². The number of rotatable bonds is 8. The smallest absolute Gasteiger partial charge is 0.243 e. The second-order valence-corrected chi connectivity index (χ2v) is 9.02. The fourth-order valence-corrected chi connectivity index (χ4v) is 3.88. The summed E-state index contributed by atoms with van der Waals surface area (Å²) in [5, 5.41) is 10.9. The van der Waals surface area contributed by atoms with Crippen LogP contribution in [0.1, 0.15) is 17.3 Å². The van der Waals surface area contributed by atoms with Crippen LogP contribution in [-0.2, 0) is 14.8 Å². The van der Waals surface area contributed by atoms with Crippen molar-refractivity contribution in [3.05, 3.63) is 84.4 Å². The Kier molecular flexibility index (Phi) is 7.24. The van der Waals surface area contributed by atoms with Crippen LogP contribution in [0.15, 0.2) is 94.0 Å². The molecular formula is C23H22N4O4S. The molecule has 9 heteroatoms. The van der Waals surface area contributed by atoms with Crippen molar-refractivity contribution < 1.29 is 18.0 Å². The van der Waals surface area contributed by atoms with Gasteiger partial charge >= 0.3 is 0 Å². The van der Waals surface area contributed by atoms with E-state index >= 15 is 0 Å². The largest absolute Gasteiger partial charge is 0.325 e. The number of benzene rings is 3. The SMILES string of the molecule is CC(=O)c1ccc(S(=O)(=O)N(C)CC(=O)Nc2ccc(N=Nc3ccccc3)cc2)cc1. The Morgan fingerprint density at radius 2 is 1.41 bits per heavy atom. The fraction of sp³-hybridized carbons (Fsp3) is 0.130. The van der Waals surface area contributed by atoms with Crippen molar-refractivity contribution in [2.45, 2.75) is 11.8 Å². The Balaban J connectivity index is 1.59. The molecule has 3 aromatic rings. The number of ketones is 1. The number of hydrogen-bond donors (Lipinski definition) is 1. The van der Waals surface area contributed by atoms with Crippen molar-refractivity contribution >= 4 is 38.8 Å². The maximum Gasteiger partial charge on any atom is 0.243 e. The number of amides is 1. The van der Waals surface area contributed by atoms with Gasteiger partial charge in [-0.3, -0.25) is 9.59 Å². The molecule has 0 fully saturated rings. The maximum atomic E-state index is 12.7. The van der Waals surface area contributed by atoms with Crippen LogP contribution in [0.5, 0.6) is 0 Å². The first-order valence-electron chi connectivity index (χ1n) is 9.70. The first kappa shape index (κ1) is 23.0. The molecule has 3 rings (SSSR count). The zero-order valence-electron chi connectivity index (χ0n) is 17.6. The Morgan fingerprint density at radius 1 is 0.844 bits per heavy atom. The molecule has 0 saturated carbocycles. The minimum Gasteiger partial charge on any atom is -0.325 e. The lowest BCUT2D eigenvalue weighted by molar-refractivity contribution is -0.116. The predicted molar refractivity (Wildman–Crippen MR) is 122 cm³/mol. The van der Waals surface area contributed by atoms with Crippen LogP contribution in [0.2, 0.25) is 0 Å². The molecule has 3 aromatic carbocycles. The van der Waals surface area contributed by atoms with Crippen molar-refractivity contribution in [3.8, 4) is 0 Å². The van der Waals surface area contributed by atoms with Gasteiger partial charge < -0.3 is 5.32 Å². The molecule has 1 N–H and O–H groups in total. The maximum absolute atomic E-state index is 12.7. The van der Waals surface area contributed by atoms with E-state index < -0.39 is 15.9 Å². The number of azo groups is 1. The van der Waals surface area contributed by atoms with E-state index in [1.165, 1.54) is 38.2 Å². The summed E-state index contributed by atoms with van der Waals surface area (Å²) in [6.07, 6.45) is 0. The number of carbonyl (C=O) groups is 2. The monoisotopic (exact) mass is 450 g/mol. The molecule has 0 saturated heterocycles. The van der Waals surface area contributed by atoms with Gasteiger partial charge in [0.15, 0.2) is 5.78 Å². The van der Waals surface area contributed by atoms with E-state index in [-0.39, 0.29) is 17.2 Å². The van der Waals surface area contributed by atoms with E-state index in [2.05, 4.69) is 15.5 Å². The number of sulfonamides is 1. The van der Waals surface area contributed by atoms with Crippen molar-refractivity contribution in [1.82, 2.24) is 4.31 Å². The zero-order chi connectivity index (χ0) is 23.1. The average molecular weight is 451 g/mol. The van der Waals surface area contributed by atoms with Crippen LogP contribution < -0.4 is 5.32 Å². The van der Waals surface area contributed by atoms with Crippen molar-refractivity contribution in [2.24, 2.45) is 10.2 Å². The van der Waals surface area contributed by atoms with E-state index in [0.29, 0.717) is 16.9 Å². The van der Waals surface area contributed by atoms with Gasteiger partial charge in [-0.1, -0.05) is 30.3 Å². The average Bonchev–Trinajstić information content (AvgIpc) is 2.79. The second-order valence-electron chi connectivity index (χ2n) is 6.97. The summed E-state index contributed by atoms with van der Waals surface area (Å²) in [7, 11) is -2.56. The minimum atomic E-state index is -3.88. The summed E-state index contributed by atoms with van der Waals surface area (Å²) in [5.41, 5.74) is 2.26. The molecule has 0 aromatic heterocycles. The number of carbonyl (C=O) groups excluding carboxylic acids is 2. The number of nitrogens with one attached hydrogen (secondary N) is 1. The van der Waals surface area contributed by atoms with E-state index in [4.69, 9.17) is 0 Å². The van der Waals surface area contributed by atoms with Gasteiger partial charge in [0.25, 0.3) is 0 Å². The summed E-state index contributed by atoms with van der Waals surface area (Å²) in [6.45, 7) is 1.03. The lowest BCUT2D eigenvalue weighted by Gasteiger charge is -2.17. The van der Waals surface area contributed by atoms with Crippen molar-refractivity contribution in [3.63, 3.8) is 0 Å². The molecule has 0 bridgehead atoms. The molecule has 0 heterocycles. The minimum absolute atomic E-state index is 0.00549. The highest BCUT2D eigenvalue weighted by Crippen LogP contribution is 2.20. The number of hydrogen-bond acceptors (Lipinski definition) is 6. The van der Waals surface area contributed by atoms with Crippen LogP contribution >= 0.6 is 0 Å². The van der Waals surface area contributed by atoms with Crippen molar-refractivity contribution in [1.29, 1.82) is 0 Å². The molecule has 1 amide bonds. The molecule has 32 heavy (non-hydrogen) atoms. The normalized spacial score (nSPS) is 11.6. The lowest BCUT2D eigenvalue weighted by atomic mass is 10.2.